The van der Waals surface area contributed by atoms with E-state index in [1.807, 2.05) is 18.3 Å². The fourth-order valence-corrected chi connectivity index (χ4v) is 1.78. The van der Waals surface area contributed by atoms with Gasteiger partial charge in [-0.1, -0.05) is 19.1 Å². The van der Waals surface area contributed by atoms with Crippen molar-refractivity contribution in [3.8, 4) is 0 Å². The lowest BCUT2D eigenvalue weighted by atomic mass is 10.1. The summed E-state index contributed by atoms with van der Waals surface area (Å²) in [6.07, 6.45) is 2.84. The summed E-state index contributed by atoms with van der Waals surface area (Å²) in [6, 6.07) is 8.19. The van der Waals surface area contributed by atoms with Gasteiger partial charge in [-0.25, -0.2) is 0 Å². The third kappa shape index (κ3) is 1.42. The highest BCUT2D eigenvalue weighted by Gasteiger charge is 2.01. The van der Waals surface area contributed by atoms with Gasteiger partial charge >= 0.3 is 0 Å². The molecule has 0 aliphatic heterocycles. The van der Waals surface area contributed by atoms with Gasteiger partial charge in [-0.05, 0) is 24.1 Å². The number of pyridine rings is 1. The van der Waals surface area contributed by atoms with Crippen molar-refractivity contribution in [3.05, 3.63) is 36.0 Å². The molecular formula is C11H11NS. The van der Waals surface area contributed by atoms with Crippen LogP contribution in [0.3, 0.4) is 0 Å². The van der Waals surface area contributed by atoms with Gasteiger partial charge in [0.05, 0.1) is 5.52 Å². The van der Waals surface area contributed by atoms with Crippen LogP contribution in [0.4, 0.5) is 0 Å². The fraction of sp³-hybridized carbons (Fsp3) is 0.182. The molecule has 1 nitrogen and oxygen atoms in total. The van der Waals surface area contributed by atoms with Crippen molar-refractivity contribution in [2.45, 2.75) is 18.2 Å². The largest absolute Gasteiger partial charge is 0.255 e. The lowest BCUT2D eigenvalue weighted by molar-refractivity contribution is 1.15. The minimum absolute atomic E-state index is 0.952. The number of benzene rings is 1. The predicted octanol–water partition coefficient (Wildman–Crippen LogP) is 3.09. The Balaban J connectivity index is 2.84. The number of thiol groups is 1. The van der Waals surface area contributed by atoms with Crippen molar-refractivity contribution in [2.75, 3.05) is 0 Å². The van der Waals surface area contributed by atoms with Crippen molar-refractivity contribution in [3.63, 3.8) is 0 Å². The Morgan fingerprint density at radius 2 is 2.15 bits per heavy atom. The molecule has 1 aromatic carbocycles. The number of nitrogens with zero attached hydrogens (tertiary/aromatic N) is 1. The predicted molar refractivity (Wildman–Crippen MR) is 58.4 cm³/mol. The first kappa shape index (κ1) is 8.57. The summed E-state index contributed by atoms with van der Waals surface area (Å²) in [5.41, 5.74) is 2.34. The highest BCUT2D eigenvalue weighted by atomic mass is 32.1. The molecule has 1 aromatic heterocycles. The van der Waals surface area contributed by atoms with Crippen LogP contribution >= 0.6 is 12.6 Å². The van der Waals surface area contributed by atoms with Crippen molar-refractivity contribution >= 4 is 23.5 Å². The molecule has 13 heavy (non-hydrogen) atoms. The Morgan fingerprint density at radius 1 is 1.31 bits per heavy atom. The fourth-order valence-electron chi connectivity index (χ4n) is 1.53. The molecule has 0 spiro atoms. The van der Waals surface area contributed by atoms with E-state index in [1.54, 1.807) is 0 Å². The van der Waals surface area contributed by atoms with Gasteiger partial charge in [0.25, 0.3) is 0 Å². The van der Waals surface area contributed by atoms with Gasteiger partial charge in [-0.3, -0.25) is 4.98 Å². The molecule has 0 bridgehead atoms. The first-order valence-corrected chi connectivity index (χ1v) is 4.83. The van der Waals surface area contributed by atoms with Gasteiger partial charge in [-0.15, -0.1) is 12.6 Å². The van der Waals surface area contributed by atoms with E-state index in [0.717, 1.165) is 16.8 Å². The molecule has 2 heteroatoms. The molecule has 2 aromatic rings. The van der Waals surface area contributed by atoms with Gasteiger partial charge in [-0.2, -0.15) is 0 Å². The molecule has 0 atom stereocenters. The summed E-state index contributed by atoms with van der Waals surface area (Å²) in [5, 5.41) is 1.22. The van der Waals surface area contributed by atoms with Crippen molar-refractivity contribution in [1.29, 1.82) is 0 Å². The van der Waals surface area contributed by atoms with E-state index in [4.69, 9.17) is 0 Å². The van der Waals surface area contributed by atoms with E-state index in [9.17, 15) is 0 Å². The van der Waals surface area contributed by atoms with Crippen LogP contribution in [0.5, 0.6) is 0 Å². The minimum Gasteiger partial charge on any atom is -0.255 e. The molecule has 0 aliphatic carbocycles. The Labute approximate surface area is 83.2 Å². The van der Waals surface area contributed by atoms with E-state index in [2.05, 4.69) is 36.7 Å². The number of hydrogen-bond acceptors (Lipinski definition) is 2. The van der Waals surface area contributed by atoms with Gasteiger partial charge in [0.1, 0.15) is 0 Å². The summed E-state index contributed by atoms with van der Waals surface area (Å²) in [6.45, 7) is 2.15. The quantitative estimate of drug-likeness (QED) is 0.680. The Hall–Kier alpha value is -1.02. The number of rotatable bonds is 1. The number of fused-ring (bicyclic) bond motifs is 1. The lowest BCUT2D eigenvalue weighted by Gasteiger charge is -2.04. The van der Waals surface area contributed by atoms with E-state index >= 15 is 0 Å². The first-order valence-electron chi connectivity index (χ1n) is 4.38. The van der Waals surface area contributed by atoms with E-state index < -0.39 is 0 Å². The summed E-state index contributed by atoms with van der Waals surface area (Å²) in [7, 11) is 0. The molecule has 66 valence electrons. The van der Waals surface area contributed by atoms with Crippen molar-refractivity contribution in [2.24, 2.45) is 0 Å². The normalized spacial score (nSPS) is 10.6. The highest BCUT2D eigenvalue weighted by Crippen LogP contribution is 2.23. The molecule has 0 saturated carbocycles. The summed E-state index contributed by atoms with van der Waals surface area (Å²) < 4.78 is 0. The van der Waals surface area contributed by atoms with Gasteiger partial charge in [0.15, 0.2) is 0 Å². The number of aryl methyl sites for hydroxylation is 1. The summed E-state index contributed by atoms with van der Waals surface area (Å²) in [4.78, 5) is 5.26. The molecule has 0 saturated heterocycles. The van der Waals surface area contributed by atoms with Crippen molar-refractivity contribution in [1.82, 2.24) is 4.98 Å². The highest BCUT2D eigenvalue weighted by molar-refractivity contribution is 7.80. The van der Waals surface area contributed by atoms with Gasteiger partial charge in [0, 0.05) is 16.5 Å². The molecule has 1 heterocycles. The molecular weight excluding hydrogens is 178 g/mol. The number of hydrogen-bond donors (Lipinski definition) is 1. The van der Waals surface area contributed by atoms with Crippen LogP contribution in [0.2, 0.25) is 0 Å². The standard InChI is InChI=1S/C11H11NS/c1-2-8-5-6-10(13)11-9(8)4-3-7-12-11/h3-7,13H,2H2,1H3. The second-order valence-electron chi connectivity index (χ2n) is 3.00. The third-order valence-electron chi connectivity index (χ3n) is 2.22. The molecule has 0 radical (unpaired) electrons. The lowest BCUT2D eigenvalue weighted by Crippen LogP contribution is -1.86. The van der Waals surface area contributed by atoms with Crippen LogP contribution in [0, 0.1) is 0 Å². The zero-order valence-corrected chi connectivity index (χ0v) is 8.38. The van der Waals surface area contributed by atoms with Crippen LogP contribution < -0.4 is 0 Å². The maximum Gasteiger partial charge on any atom is 0.0837 e. The first-order chi connectivity index (χ1) is 6.33. The van der Waals surface area contributed by atoms with E-state index in [1.165, 1.54) is 10.9 Å². The monoisotopic (exact) mass is 189 g/mol. The Bertz CT molecular complexity index is 437. The van der Waals surface area contributed by atoms with Crippen LogP contribution in [0.15, 0.2) is 35.4 Å². The van der Waals surface area contributed by atoms with E-state index in [0.29, 0.717) is 0 Å². The van der Waals surface area contributed by atoms with Crippen molar-refractivity contribution < 1.29 is 0 Å². The number of aromatic nitrogens is 1. The molecule has 0 aliphatic rings. The molecule has 0 unspecified atom stereocenters. The van der Waals surface area contributed by atoms with Crippen LogP contribution in [0.1, 0.15) is 12.5 Å². The van der Waals surface area contributed by atoms with Gasteiger partial charge in [0.2, 0.25) is 0 Å². The summed E-state index contributed by atoms with van der Waals surface area (Å²) in [5.74, 6) is 0. The SMILES string of the molecule is CCc1ccc(S)c2ncccc12. The average Bonchev–Trinajstić information content (AvgIpc) is 2.19. The average molecular weight is 189 g/mol. The molecule has 0 N–H and O–H groups in total. The Kier molecular flexibility index (Phi) is 2.23. The molecule has 0 amide bonds. The molecule has 0 fully saturated rings. The van der Waals surface area contributed by atoms with Gasteiger partial charge < -0.3 is 0 Å². The minimum atomic E-state index is 0.952. The topological polar surface area (TPSA) is 12.9 Å². The Morgan fingerprint density at radius 3 is 2.92 bits per heavy atom. The van der Waals surface area contributed by atoms with Crippen LogP contribution in [-0.2, 0) is 6.42 Å². The third-order valence-corrected chi connectivity index (χ3v) is 2.58. The second kappa shape index (κ2) is 3.38. The smallest absolute Gasteiger partial charge is 0.0837 e. The summed E-state index contributed by atoms with van der Waals surface area (Å²) >= 11 is 4.37. The second-order valence-corrected chi connectivity index (χ2v) is 3.48. The zero-order valence-electron chi connectivity index (χ0n) is 7.49. The van der Waals surface area contributed by atoms with E-state index in [-0.39, 0.29) is 0 Å². The maximum atomic E-state index is 4.37. The maximum absolute atomic E-state index is 4.37. The molecule has 2 rings (SSSR count). The van der Waals surface area contributed by atoms with Crippen LogP contribution in [-0.4, -0.2) is 4.98 Å². The zero-order chi connectivity index (χ0) is 9.26. The van der Waals surface area contributed by atoms with Crippen LogP contribution in [0.25, 0.3) is 10.9 Å².